The zero-order chi connectivity index (χ0) is 10.2. The predicted octanol–water partition coefficient (Wildman–Crippen LogP) is 0.647. The van der Waals surface area contributed by atoms with Crippen molar-refractivity contribution in [1.82, 2.24) is 4.98 Å². The first-order chi connectivity index (χ1) is 5.95. The summed E-state index contributed by atoms with van der Waals surface area (Å²) in [6.45, 7) is 3.00. The smallest absolute Gasteiger partial charge is 0.352 e. The summed E-state index contributed by atoms with van der Waals surface area (Å²) in [4.78, 5) is 23.8. The van der Waals surface area contributed by atoms with Gasteiger partial charge >= 0.3 is 11.9 Å². The van der Waals surface area contributed by atoms with E-state index >= 15 is 0 Å². The van der Waals surface area contributed by atoms with Crippen molar-refractivity contribution in [1.29, 1.82) is 0 Å². The summed E-state index contributed by atoms with van der Waals surface area (Å²) < 4.78 is 0. The summed E-state index contributed by atoms with van der Waals surface area (Å²) in [5.74, 6) is -2.26. The molecule has 0 aliphatic carbocycles. The van der Waals surface area contributed by atoms with Crippen LogP contribution in [0.15, 0.2) is 0 Å². The summed E-state index contributed by atoms with van der Waals surface area (Å²) in [5.41, 5.74) is 0.604. The minimum absolute atomic E-state index is 0. The van der Waals surface area contributed by atoms with Gasteiger partial charge in [0.25, 0.3) is 0 Å². The number of rotatable bonds is 2. The van der Waals surface area contributed by atoms with Gasteiger partial charge in [0, 0.05) is 35.3 Å². The number of nitrogens with one attached hydrogen (secondary N) is 1. The van der Waals surface area contributed by atoms with Gasteiger partial charge in [-0.05, 0) is 19.4 Å². The van der Waals surface area contributed by atoms with Crippen LogP contribution >= 0.6 is 0 Å². The van der Waals surface area contributed by atoms with Gasteiger partial charge in [0.15, 0.2) is 0 Å². The Morgan fingerprint density at radius 1 is 1.14 bits per heavy atom. The summed E-state index contributed by atoms with van der Waals surface area (Å²) in [6.07, 6.45) is 0. The molecule has 1 rings (SSSR count). The average molecular weight is 206 g/mol. The number of hydrogen-bond donors (Lipinski definition) is 3. The van der Waals surface area contributed by atoms with Gasteiger partial charge in [0.2, 0.25) is 0 Å². The molecule has 0 bridgehead atoms. The fraction of sp³-hybridized carbons (Fsp3) is 0.250. The molecule has 14 heavy (non-hydrogen) atoms. The van der Waals surface area contributed by atoms with Crippen LogP contribution in [-0.2, 0) is 0 Å². The fourth-order valence-corrected chi connectivity index (χ4v) is 1.28. The maximum absolute atomic E-state index is 10.7. The summed E-state index contributed by atoms with van der Waals surface area (Å²) in [6, 6.07) is 0. The molecule has 0 unspecified atom stereocenters. The number of hydrogen-bond acceptors (Lipinski definition) is 2. The van der Waals surface area contributed by atoms with E-state index in [0.29, 0.717) is 5.69 Å². The number of aromatic carboxylic acids is 2. The molecule has 1 heterocycles. The van der Waals surface area contributed by atoms with Crippen LogP contribution in [0.1, 0.15) is 32.1 Å². The van der Waals surface area contributed by atoms with E-state index in [0.717, 1.165) is 0 Å². The molecule has 1 radical (unpaired) electrons. The quantitative estimate of drug-likeness (QED) is 0.619. The van der Waals surface area contributed by atoms with Crippen molar-refractivity contribution in [3.05, 3.63) is 22.5 Å². The van der Waals surface area contributed by atoms with Crippen molar-refractivity contribution < 1.29 is 19.8 Å². The third-order valence-corrected chi connectivity index (χ3v) is 1.87. The largest absolute Gasteiger partial charge is 0.478 e. The van der Waals surface area contributed by atoms with Crippen molar-refractivity contribution in [2.45, 2.75) is 13.8 Å². The molecule has 0 atom stereocenters. The van der Waals surface area contributed by atoms with Gasteiger partial charge in [-0.25, -0.2) is 9.59 Å². The normalized spacial score (nSPS) is 9.29. The maximum Gasteiger partial charge on any atom is 0.352 e. The van der Waals surface area contributed by atoms with Gasteiger partial charge in [-0.15, -0.1) is 0 Å². The van der Waals surface area contributed by atoms with Crippen molar-refractivity contribution >= 4 is 41.5 Å². The molecule has 0 spiro atoms. The van der Waals surface area contributed by atoms with Crippen LogP contribution in [0.2, 0.25) is 0 Å². The Labute approximate surface area is 102 Å². The Morgan fingerprint density at radius 2 is 1.64 bits per heavy atom. The summed E-state index contributed by atoms with van der Waals surface area (Å²) in [5, 5.41) is 17.4. The topological polar surface area (TPSA) is 90.4 Å². The zero-order valence-electron chi connectivity index (χ0n) is 8.21. The zero-order valence-corrected chi connectivity index (χ0v) is 10.2. The van der Waals surface area contributed by atoms with Gasteiger partial charge < -0.3 is 15.2 Å². The van der Waals surface area contributed by atoms with Crippen molar-refractivity contribution in [3.8, 4) is 0 Å². The number of aryl methyl sites for hydroxylation is 1. The monoisotopic (exact) mass is 206 g/mol. The molecule has 1 aromatic rings. The molecule has 0 fully saturated rings. The molecule has 0 aliphatic rings. The van der Waals surface area contributed by atoms with Crippen LogP contribution in [0.3, 0.4) is 0 Å². The van der Waals surface area contributed by atoms with Crippen LogP contribution in [-0.4, -0.2) is 56.7 Å². The van der Waals surface area contributed by atoms with Crippen molar-refractivity contribution in [2.24, 2.45) is 0 Å². The second-order valence-electron chi connectivity index (χ2n) is 2.74. The number of H-pyrrole nitrogens is 1. The van der Waals surface area contributed by atoms with E-state index in [4.69, 9.17) is 10.2 Å². The molecular weight excluding hydrogens is 197 g/mol. The van der Waals surface area contributed by atoms with E-state index in [1.165, 1.54) is 13.8 Å². The summed E-state index contributed by atoms with van der Waals surface area (Å²) >= 11 is 0. The van der Waals surface area contributed by atoms with Crippen LogP contribution in [0.5, 0.6) is 0 Å². The second-order valence-corrected chi connectivity index (χ2v) is 2.74. The molecule has 0 aliphatic heterocycles. The average Bonchev–Trinajstić information content (AvgIpc) is 2.26. The minimum atomic E-state index is -1.15. The Kier molecular flexibility index (Phi) is 4.38. The molecule has 0 saturated heterocycles. The first-order valence-electron chi connectivity index (χ1n) is 3.61. The third kappa shape index (κ3) is 2.17. The summed E-state index contributed by atoms with van der Waals surface area (Å²) in [7, 11) is 0. The van der Waals surface area contributed by atoms with E-state index in [1.807, 2.05) is 0 Å². The standard InChI is InChI=1S/C8H9NO4.Na/c1-3-5(7(10)11)4(2)9-6(3)8(12)13;/h9H,1-2H3,(H,10,11)(H,12,13);. The second kappa shape index (κ2) is 4.63. The third-order valence-electron chi connectivity index (χ3n) is 1.87. The number of aromatic nitrogens is 1. The fourth-order valence-electron chi connectivity index (χ4n) is 1.28. The van der Waals surface area contributed by atoms with E-state index in [9.17, 15) is 9.59 Å². The Morgan fingerprint density at radius 3 is 1.86 bits per heavy atom. The number of carbonyl (C=O) groups is 2. The van der Waals surface area contributed by atoms with Gasteiger partial charge in [-0.2, -0.15) is 0 Å². The number of carboxylic acids is 2. The molecule has 71 valence electrons. The number of carboxylic acid groups (broad SMARTS) is 2. The van der Waals surface area contributed by atoms with Crippen LogP contribution in [0.4, 0.5) is 0 Å². The van der Waals surface area contributed by atoms with Gasteiger partial charge in [0.05, 0.1) is 5.56 Å². The van der Waals surface area contributed by atoms with E-state index in [-0.39, 0.29) is 46.4 Å². The molecule has 5 nitrogen and oxygen atoms in total. The van der Waals surface area contributed by atoms with E-state index in [2.05, 4.69) is 4.98 Å². The Balaban J connectivity index is 0.00000169. The van der Waals surface area contributed by atoms with Crippen molar-refractivity contribution in [3.63, 3.8) is 0 Å². The van der Waals surface area contributed by atoms with Crippen LogP contribution in [0.25, 0.3) is 0 Å². The van der Waals surface area contributed by atoms with Gasteiger partial charge in [-0.1, -0.05) is 0 Å². The van der Waals surface area contributed by atoms with E-state index in [1.54, 1.807) is 0 Å². The minimum Gasteiger partial charge on any atom is -0.478 e. The van der Waals surface area contributed by atoms with Crippen LogP contribution in [0, 0.1) is 13.8 Å². The Bertz CT molecular complexity index is 383. The first-order valence-corrected chi connectivity index (χ1v) is 3.61. The molecule has 1 aromatic heterocycles. The molecule has 0 amide bonds. The maximum atomic E-state index is 10.7. The van der Waals surface area contributed by atoms with Crippen molar-refractivity contribution in [2.75, 3.05) is 0 Å². The van der Waals surface area contributed by atoms with Crippen LogP contribution < -0.4 is 0 Å². The molecule has 0 saturated carbocycles. The number of aromatic amines is 1. The van der Waals surface area contributed by atoms with Gasteiger partial charge in [0.1, 0.15) is 5.69 Å². The SMILES string of the molecule is Cc1[nH]c(C(=O)O)c(C)c1C(=O)O.[Na]. The predicted molar refractivity (Wildman–Crippen MR) is 49.9 cm³/mol. The molecule has 3 N–H and O–H groups in total. The first kappa shape index (κ1) is 13.2. The van der Waals surface area contributed by atoms with E-state index < -0.39 is 11.9 Å². The molecule has 6 heteroatoms. The van der Waals surface area contributed by atoms with Gasteiger partial charge in [-0.3, -0.25) is 0 Å². The Hall–Kier alpha value is -0.780. The molecular formula is C8H9NNaO4. The molecule has 0 aromatic carbocycles.